The number of unbranched alkanes of at least 4 members (excludes halogenated alkanes) is 3. The summed E-state index contributed by atoms with van der Waals surface area (Å²) in [6.07, 6.45) is 5.36. The predicted octanol–water partition coefficient (Wildman–Crippen LogP) is 2.87. The molecule has 8 heteroatoms. The largest absolute Gasteiger partial charge is 0.493 e. The molecule has 2 heterocycles. The smallest absolute Gasteiger partial charge is 0.325 e. The van der Waals surface area contributed by atoms with Crippen molar-refractivity contribution in [1.29, 1.82) is 0 Å². The minimum absolute atomic E-state index is 0.237. The van der Waals surface area contributed by atoms with E-state index in [4.69, 9.17) is 9.47 Å². The van der Waals surface area contributed by atoms with Gasteiger partial charge in [-0.3, -0.25) is 14.5 Å². The van der Waals surface area contributed by atoms with Gasteiger partial charge in [0.25, 0.3) is 5.91 Å². The maximum absolute atomic E-state index is 12.9. The molecule has 0 bridgehead atoms. The lowest BCUT2D eigenvalue weighted by atomic mass is 9.94. The normalized spacial score (nSPS) is 20.5. The van der Waals surface area contributed by atoms with Crippen LogP contribution in [0.4, 0.5) is 4.79 Å². The first-order valence-corrected chi connectivity index (χ1v) is 11.0. The zero-order chi connectivity index (χ0) is 22.6. The van der Waals surface area contributed by atoms with Gasteiger partial charge in [-0.05, 0) is 43.0 Å². The molecular formula is C23H33N3O5. The van der Waals surface area contributed by atoms with Crippen LogP contribution in [0.5, 0.6) is 11.5 Å². The average Bonchev–Trinajstić information content (AvgIpc) is 2.98. The van der Waals surface area contributed by atoms with Crippen molar-refractivity contribution in [2.45, 2.75) is 64.5 Å². The summed E-state index contributed by atoms with van der Waals surface area (Å²) in [7, 11) is 3.17. The third-order valence-electron chi connectivity index (χ3n) is 6.24. The number of rotatable bonds is 9. The van der Waals surface area contributed by atoms with E-state index in [0.717, 1.165) is 41.7 Å². The zero-order valence-electron chi connectivity index (χ0n) is 19.0. The quantitative estimate of drug-likeness (QED) is 0.480. The van der Waals surface area contributed by atoms with E-state index >= 15 is 0 Å². The van der Waals surface area contributed by atoms with Gasteiger partial charge in [0.05, 0.1) is 14.2 Å². The number of imide groups is 1. The fraction of sp³-hybridized carbons (Fsp3) is 0.609. The van der Waals surface area contributed by atoms with E-state index in [1.807, 2.05) is 12.1 Å². The second-order valence-corrected chi connectivity index (χ2v) is 8.51. The van der Waals surface area contributed by atoms with Gasteiger partial charge in [0.1, 0.15) is 12.1 Å². The number of methoxy groups -OCH3 is 2. The maximum atomic E-state index is 12.9. The number of amides is 4. The molecule has 1 atom stereocenters. The van der Waals surface area contributed by atoms with Crippen molar-refractivity contribution in [3.63, 3.8) is 0 Å². The Balaban J connectivity index is 1.64. The molecule has 1 unspecified atom stereocenters. The van der Waals surface area contributed by atoms with E-state index in [0.29, 0.717) is 37.4 Å². The highest BCUT2D eigenvalue weighted by Gasteiger charge is 2.48. The maximum Gasteiger partial charge on any atom is 0.325 e. The lowest BCUT2D eigenvalue weighted by Crippen LogP contribution is -2.46. The number of carbonyl (C=O) groups is 3. The molecule has 0 aliphatic carbocycles. The third-order valence-corrected chi connectivity index (χ3v) is 6.24. The van der Waals surface area contributed by atoms with Crippen LogP contribution in [-0.2, 0) is 22.6 Å². The van der Waals surface area contributed by atoms with E-state index < -0.39 is 11.6 Å². The lowest BCUT2D eigenvalue weighted by Gasteiger charge is -2.30. The summed E-state index contributed by atoms with van der Waals surface area (Å²) in [4.78, 5) is 41.1. The van der Waals surface area contributed by atoms with Gasteiger partial charge >= 0.3 is 6.03 Å². The van der Waals surface area contributed by atoms with E-state index in [1.165, 1.54) is 0 Å². The highest BCUT2D eigenvalue weighted by molar-refractivity contribution is 6.08. The Labute approximate surface area is 183 Å². The lowest BCUT2D eigenvalue weighted by molar-refractivity contribution is -0.139. The summed E-state index contributed by atoms with van der Waals surface area (Å²) in [5.41, 5.74) is 1.16. The van der Waals surface area contributed by atoms with Crippen molar-refractivity contribution < 1.29 is 23.9 Å². The van der Waals surface area contributed by atoms with Crippen molar-refractivity contribution in [2.24, 2.45) is 0 Å². The molecule has 0 aromatic heterocycles. The van der Waals surface area contributed by atoms with Crippen LogP contribution >= 0.6 is 0 Å². The van der Waals surface area contributed by atoms with Gasteiger partial charge in [0, 0.05) is 13.1 Å². The number of hydrogen-bond acceptors (Lipinski definition) is 5. The number of nitrogens with zero attached hydrogens (tertiary/aromatic N) is 2. The van der Waals surface area contributed by atoms with Crippen molar-refractivity contribution >= 4 is 17.8 Å². The van der Waals surface area contributed by atoms with Crippen molar-refractivity contribution in [1.82, 2.24) is 15.1 Å². The van der Waals surface area contributed by atoms with Crippen LogP contribution in [-0.4, -0.2) is 60.5 Å². The van der Waals surface area contributed by atoms with Gasteiger partial charge in [0.2, 0.25) is 5.91 Å². The number of urea groups is 1. The number of carbonyl (C=O) groups excluding carboxylic acids is 3. The highest BCUT2D eigenvalue weighted by Crippen LogP contribution is 2.33. The van der Waals surface area contributed by atoms with Gasteiger partial charge < -0.3 is 19.7 Å². The summed E-state index contributed by atoms with van der Waals surface area (Å²) < 4.78 is 10.7. The monoisotopic (exact) mass is 431 g/mol. The Bertz CT molecular complexity index is 856. The van der Waals surface area contributed by atoms with Crippen LogP contribution in [0.2, 0.25) is 0 Å². The number of fused-ring (bicyclic) bond motifs is 1. The molecule has 170 valence electrons. The van der Waals surface area contributed by atoms with Crippen molar-refractivity contribution in [2.75, 3.05) is 27.3 Å². The van der Waals surface area contributed by atoms with E-state index in [-0.39, 0.29) is 18.4 Å². The molecule has 0 saturated carbocycles. The molecule has 2 aliphatic rings. The Kier molecular flexibility index (Phi) is 7.08. The minimum Gasteiger partial charge on any atom is -0.493 e. The molecule has 8 nitrogen and oxygen atoms in total. The summed E-state index contributed by atoms with van der Waals surface area (Å²) >= 11 is 0. The molecule has 0 radical (unpaired) electrons. The van der Waals surface area contributed by atoms with Gasteiger partial charge in [-0.1, -0.05) is 32.6 Å². The van der Waals surface area contributed by atoms with E-state index in [2.05, 4.69) is 12.2 Å². The predicted molar refractivity (Wildman–Crippen MR) is 116 cm³/mol. The van der Waals surface area contributed by atoms with Gasteiger partial charge in [-0.25, -0.2) is 4.79 Å². The summed E-state index contributed by atoms with van der Waals surface area (Å²) in [6, 6.07) is 3.34. The van der Waals surface area contributed by atoms with Crippen LogP contribution in [0.25, 0.3) is 0 Å². The van der Waals surface area contributed by atoms with Crippen LogP contribution in [0.15, 0.2) is 12.1 Å². The second-order valence-electron chi connectivity index (χ2n) is 8.51. The molecule has 1 fully saturated rings. The first-order chi connectivity index (χ1) is 14.8. The third kappa shape index (κ3) is 4.78. The van der Waals surface area contributed by atoms with Crippen LogP contribution < -0.4 is 14.8 Å². The topological polar surface area (TPSA) is 88.2 Å². The molecule has 1 aromatic carbocycles. The molecule has 1 aromatic rings. The molecule has 1 saturated heterocycles. The number of nitrogens with one attached hydrogen (secondary N) is 1. The van der Waals surface area contributed by atoms with Crippen molar-refractivity contribution in [3.8, 4) is 11.5 Å². The Morgan fingerprint density at radius 2 is 1.77 bits per heavy atom. The molecular weight excluding hydrogens is 398 g/mol. The molecule has 3 rings (SSSR count). The number of ether oxygens (including phenoxy) is 2. The summed E-state index contributed by atoms with van der Waals surface area (Å²) in [5, 5.41) is 2.79. The molecule has 0 spiro atoms. The standard InChI is InChI=1S/C23H33N3O5/c1-5-6-7-8-10-23(2)21(28)26(22(29)24-23)15-20(27)25-11-9-16-12-18(30-3)19(31-4)13-17(16)14-25/h12-13H,5-11,14-15H2,1-4H3,(H,24,29). The SMILES string of the molecule is CCCCCCC1(C)NC(=O)N(CC(=O)N2CCc3cc(OC)c(OC)cc3C2)C1=O. The molecule has 1 N–H and O–H groups in total. The number of hydrogen-bond donors (Lipinski definition) is 1. The second kappa shape index (κ2) is 9.58. The first-order valence-electron chi connectivity index (χ1n) is 11.0. The Morgan fingerprint density at radius 3 is 2.42 bits per heavy atom. The van der Waals surface area contributed by atoms with Crippen molar-refractivity contribution in [3.05, 3.63) is 23.3 Å². The molecule has 4 amide bonds. The van der Waals surface area contributed by atoms with E-state index in [1.54, 1.807) is 26.0 Å². The first kappa shape index (κ1) is 22.9. The molecule has 2 aliphatic heterocycles. The summed E-state index contributed by atoms with van der Waals surface area (Å²) in [5.74, 6) is 0.729. The Hall–Kier alpha value is -2.77. The molecule has 31 heavy (non-hydrogen) atoms. The zero-order valence-corrected chi connectivity index (χ0v) is 19.0. The van der Waals surface area contributed by atoms with Crippen LogP contribution in [0.1, 0.15) is 57.1 Å². The van der Waals surface area contributed by atoms with Crippen LogP contribution in [0, 0.1) is 0 Å². The van der Waals surface area contributed by atoms with Gasteiger partial charge in [-0.2, -0.15) is 0 Å². The Morgan fingerprint density at radius 1 is 1.10 bits per heavy atom. The highest BCUT2D eigenvalue weighted by atomic mass is 16.5. The van der Waals surface area contributed by atoms with Gasteiger partial charge in [0.15, 0.2) is 11.5 Å². The summed E-state index contributed by atoms with van der Waals surface area (Å²) in [6.45, 7) is 4.58. The van der Waals surface area contributed by atoms with E-state index in [9.17, 15) is 14.4 Å². The van der Waals surface area contributed by atoms with Gasteiger partial charge in [-0.15, -0.1) is 0 Å². The fourth-order valence-electron chi connectivity index (χ4n) is 4.30. The average molecular weight is 432 g/mol. The van der Waals surface area contributed by atoms with Crippen LogP contribution in [0.3, 0.4) is 0 Å². The number of benzene rings is 1. The minimum atomic E-state index is -0.927. The fourth-order valence-corrected chi connectivity index (χ4v) is 4.30.